The van der Waals surface area contributed by atoms with E-state index in [-0.39, 0.29) is 23.5 Å². The number of nitrogen functional groups attached to an aromatic ring is 1. The average Bonchev–Trinajstić information content (AvgIpc) is 2.92. The number of hydrogen-bond donors (Lipinski definition) is 1. The van der Waals surface area contributed by atoms with E-state index in [2.05, 4.69) is 14.9 Å². The van der Waals surface area contributed by atoms with Gasteiger partial charge < -0.3 is 20.1 Å². The summed E-state index contributed by atoms with van der Waals surface area (Å²) in [5.41, 5.74) is 5.50. The van der Waals surface area contributed by atoms with Crippen molar-refractivity contribution in [2.45, 2.75) is 6.10 Å². The Kier molecular flexibility index (Phi) is 3.35. The minimum absolute atomic E-state index is 0.00497. The Labute approximate surface area is 120 Å². The lowest BCUT2D eigenvalue weighted by atomic mass is 10.2. The second-order valence-electron chi connectivity index (χ2n) is 4.68. The molecule has 1 aromatic carbocycles. The molecule has 1 atom stereocenters. The molecule has 1 aliphatic rings. The lowest BCUT2D eigenvalue weighted by Crippen LogP contribution is -2.42. The fraction of sp³-hybridized carbons (Fsp3) is 0.308. The molecule has 2 aromatic rings. The number of amides is 1. The monoisotopic (exact) mass is 290 g/mol. The summed E-state index contributed by atoms with van der Waals surface area (Å²) in [5.74, 6) is 0.958. The first-order valence-corrected chi connectivity index (χ1v) is 6.37. The molecule has 8 heteroatoms. The topological polar surface area (TPSA) is 104 Å². The third-order valence-electron chi connectivity index (χ3n) is 3.11. The minimum Gasteiger partial charge on any atom is -0.486 e. The van der Waals surface area contributed by atoms with Crippen molar-refractivity contribution in [1.82, 2.24) is 15.2 Å². The molecule has 0 saturated carbocycles. The Bertz CT molecular complexity index is 657. The van der Waals surface area contributed by atoms with Gasteiger partial charge in [0.1, 0.15) is 6.61 Å². The van der Waals surface area contributed by atoms with Gasteiger partial charge >= 0.3 is 0 Å². The Morgan fingerprint density at radius 1 is 1.38 bits per heavy atom. The smallest absolute Gasteiger partial charge is 0.279 e. The van der Waals surface area contributed by atoms with Crippen LogP contribution in [0.25, 0.3) is 0 Å². The van der Waals surface area contributed by atoms with Crippen molar-refractivity contribution in [2.75, 3.05) is 25.9 Å². The highest BCUT2D eigenvalue weighted by Gasteiger charge is 2.26. The second kappa shape index (κ2) is 5.31. The summed E-state index contributed by atoms with van der Waals surface area (Å²) >= 11 is 0. The maximum atomic E-state index is 12.1. The Morgan fingerprint density at radius 3 is 2.86 bits per heavy atom. The third kappa shape index (κ3) is 2.60. The van der Waals surface area contributed by atoms with Crippen LogP contribution in [0.4, 0.5) is 5.82 Å². The van der Waals surface area contributed by atoms with Crippen LogP contribution in [0.5, 0.6) is 11.5 Å². The number of hydrogen-bond acceptors (Lipinski definition) is 7. The molecule has 2 N–H and O–H groups in total. The van der Waals surface area contributed by atoms with E-state index in [4.69, 9.17) is 15.2 Å². The van der Waals surface area contributed by atoms with Gasteiger partial charge in [-0.05, 0) is 22.4 Å². The van der Waals surface area contributed by atoms with E-state index in [0.29, 0.717) is 24.7 Å². The van der Waals surface area contributed by atoms with Crippen molar-refractivity contribution in [3.05, 3.63) is 30.0 Å². The van der Waals surface area contributed by atoms with Gasteiger partial charge in [-0.2, -0.15) is 0 Å². The van der Waals surface area contributed by atoms with Gasteiger partial charge in [0.05, 0.1) is 6.54 Å². The molecule has 1 aliphatic heterocycles. The van der Waals surface area contributed by atoms with Crippen molar-refractivity contribution < 1.29 is 18.9 Å². The van der Waals surface area contributed by atoms with Gasteiger partial charge in [0.15, 0.2) is 17.6 Å². The average molecular weight is 290 g/mol. The van der Waals surface area contributed by atoms with Crippen molar-refractivity contribution in [1.29, 1.82) is 0 Å². The number of benzene rings is 1. The fourth-order valence-corrected chi connectivity index (χ4v) is 2.07. The van der Waals surface area contributed by atoms with E-state index in [1.165, 1.54) is 4.90 Å². The summed E-state index contributed by atoms with van der Waals surface area (Å²) in [6.07, 6.45) is -0.269. The summed E-state index contributed by atoms with van der Waals surface area (Å²) < 4.78 is 15.8. The number of ether oxygens (including phenoxy) is 2. The van der Waals surface area contributed by atoms with Crippen molar-refractivity contribution in [3.8, 4) is 11.5 Å². The Morgan fingerprint density at radius 2 is 2.14 bits per heavy atom. The molecule has 21 heavy (non-hydrogen) atoms. The van der Waals surface area contributed by atoms with Crippen LogP contribution in [0.3, 0.4) is 0 Å². The number of aromatic nitrogens is 2. The van der Waals surface area contributed by atoms with E-state index in [9.17, 15) is 4.79 Å². The first-order valence-electron chi connectivity index (χ1n) is 6.37. The van der Waals surface area contributed by atoms with Gasteiger partial charge in [0, 0.05) is 7.05 Å². The minimum atomic E-state index is -0.379. The molecule has 1 unspecified atom stereocenters. The van der Waals surface area contributed by atoms with Crippen LogP contribution in [0.2, 0.25) is 0 Å². The molecule has 0 radical (unpaired) electrons. The molecule has 110 valence electrons. The summed E-state index contributed by atoms with van der Waals surface area (Å²) in [6, 6.07) is 7.39. The Balaban J connectivity index is 1.65. The lowest BCUT2D eigenvalue weighted by molar-refractivity contribution is 0.0515. The predicted octanol–water partition coefficient (Wildman–Crippen LogP) is 0.564. The van der Waals surface area contributed by atoms with Gasteiger partial charge in [0.25, 0.3) is 5.91 Å². The molecule has 3 rings (SSSR count). The zero-order valence-electron chi connectivity index (χ0n) is 11.4. The van der Waals surface area contributed by atoms with Crippen LogP contribution in [-0.2, 0) is 0 Å². The summed E-state index contributed by atoms with van der Waals surface area (Å²) in [5, 5.41) is 6.88. The van der Waals surface area contributed by atoms with Crippen LogP contribution in [0.15, 0.2) is 28.9 Å². The summed E-state index contributed by atoms with van der Waals surface area (Å²) in [6.45, 7) is 0.695. The number of para-hydroxylation sites is 2. The number of likely N-dealkylation sites (N-methyl/N-ethyl adjacent to an activating group) is 1. The van der Waals surface area contributed by atoms with Gasteiger partial charge in [-0.1, -0.05) is 12.1 Å². The molecule has 0 aliphatic carbocycles. The quantitative estimate of drug-likeness (QED) is 0.880. The SMILES string of the molecule is CN(CC1COc2ccccc2O1)C(=O)c1nonc1N. The van der Waals surface area contributed by atoms with Crippen LogP contribution in [0, 0.1) is 0 Å². The van der Waals surface area contributed by atoms with E-state index in [1.807, 2.05) is 24.3 Å². The van der Waals surface area contributed by atoms with Gasteiger partial charge in [-0.25, -0.2) is 4.63 Å². The summed E-state index contributed by atoms with van der Waals surface area (Å²) in [7, 11) is 1.63. The zero-order valence-corrected chi connectivity index (χ0v) is 11.4. The van der Waals surface area contributed by atoms with Gasteiger partial charge in [0.2, 0.25) is 11.5 Å². The molecule has 0 spiro atoms. The molecule has 1 amide bonds. The number of carbonyl (C=O) groups is 1. The van der Waals surface area contributed by atoms with Crippen molar-refractivity contribution in [2.24, 2.45) is 0 Å². The maximum Gasteiger partial charge on any atom is 0.279 e. The van der Waals surface area contributed by atoms with E-state index in [0.717, 1.165) is 0 Å². The molecule has 0 fully saturated rings. The predicted molar refractivity (Wildman–Crippen MR) is 72.0 cm³/mol. The zero-order chi connectivity index (χ0) is 14.8. The fourth-order valence-electron chi connectivity index (χ4n) is 2.07. The van der Waals surface area contributed by atoms with Crippen molar-refractivity contribution >= 4 is 11.7 Å². The number of carbonyl (C=O) groups excluding carboxylic acids is 1. The largest absolute Gasteiger partial charge is 0.486 e. The molecular weight excluding hydrogens is 276 g/mol. The molecular formula is C13H14N4O4. The van der Waals surface area contributed by atoms with Crippen LogP contribution < -0.4 is 15.2 Å². The standard InChI is InChI=1S/C13H14N4O4/c1-17(13(18)11-12(14)16-21-15-11)6-8-7-19-9-4-2-3-5-10(9)20-8/h2-5,8H,6-7H2,1H3,(H2,14,16). The molecule has 0 bridgehead atoms. The normalized spacial score (nSPS) is 16.5. The van der Waals surface area contributed by atoms with E-state index in [1.54, 1.807) is 7.05 Å². The molecule has 8 nitrogen and oxygen atoms in total. The number of nitrogens with two attached hydrogens (primary N) is 1. The van der Waals surface area contributed by atoms with Crippen LogP contribution >= 0.6 is 0 Å². The highest BCUT2D eigenvalue weighted by Crippen LogP contribution is 2.31. The molecule has 2 heterocycles. The lowest BCUT2D eigenvalue weighted by Gasteiger charge is -2.29. The summed E-state index contributed by atoms with van der Waals surface area (Å²) in [4.78, 5) is 13.6. The second-order valence-corrected chi connectivity index (χ2v) is 4.68. The molecule has 1 aromatic heterocycles. The maximum absolute atomic E-state index is 12.1. The highest BCUT2D eigenvalue weighted by atomic mass is 16.6. The van der Waals surface area contributed by atoms with Gasteiger partial charge in [-0.3, -0.25) is 4.79 Å². The van der Waals surface area contributed by atoms with E-state index >= 15 is 0 Å². The number of nitrogens with zero attached hydrogens (tertiary/aromatic N) is 3. The molecule has 0 saturated heterocycles. The number of anilines is 1. The first-order chi connectivity index (χ1) is 10.1. The van der Waals surface area contributed by atoms with Crippen LogP contribution in [0.1, 0.15) is 10.5 Å². The number of rotatable bonds is 3. The van der Waals surface area contributed by atoms with Gasteiger partial charge in [-0.15, -0.1) is 0 Å². The number of fused-ring (bicyclic) bond motifs is 1. The van der Waals surface area contributed by atoms with Crippen LogP contribution in [-0.4, -0.2) is 47.4 Å². The highest BCUT2D eigenvalue weighted by molar-refractivity contribution is 5.95. The first kappa shape index (κ1) is 13.2. The Hall–Kier alpha value is -2.77. The van der Waals surface area contributed by atoms with E-state index < -0.39 is 0 Å². The third-order valence-corrected chi connectivity index (χ3v) is 3.11. The van der Waals surface area contributed by atoms with Crippen molar-refractivity contribution in [3.63, 3.8) is 0 Å².